The van der Waals surface area contributed by atoms with Crippen LogP contribution in [-0.4, -0.2) is 19.5 Å². The van der Waals surface area contributed by atoms with Crippen LogP contribution in [-0.2, 0) is 10.3 Å². The average molecular weight is 230 g/mol. The fraction of sp³-hybridized carbons (Fsp3) is 0.333. The van der Waals surface area contributed by atoms with Crippen molar-refractivity contribution in [3.8, 4) is 0 Å². The van der Waals surface area contributed by atoms with Gasteiger partial charge in [-0.25, -0.2) is 0 Å². The van der Waals surface area contributed by atoms with E-state index in [-0.39, 0.29) is 0 Å². The molecule has 0 aliphatic carbocycles. The van der Waals surface area contributed by atoms with Gasteiger partial charge in [0.25, 0.3) is 0 Å². The number of anilines is 2. The number of nitrogens with one attached hydrogen (secondary N) is 2. The molecule has 3 N–H and O–H groups in total. The van der Waals surface area contributed by atoms with Crippen LogP contribution in [0.1, 0.15) is 13.3 Å². The molecule has 0 aliphatic heterocycles. The van der Waals surface area contributed by atoms with Crippen molar-refractivity contribution < 1.29 is 13.0 Å². The lowest BCUT2D eigenvalue weighted by molar-refractivity contribution is 0.490. The Morgan fingerprint density at radius 2 is 1.87 bits per heavy atom. The second kappa shape index (κ2) is 4.99. The maximum atomic E-state index is 10.6. The number of para-hydroxylation sites is 2. The Morgan fingerprint density at radius 3 is 2.40 bits per heavy atom. The Hall–Kier alpha value is -1.27. The van der Waals surface area contributed by atoms with E-state index >= 15 is 0 Å². The van der Waals surface area contributed by atoms with E-state index in [0.717, 1.165) is 13.0 Å². The van der Waals surface area contributed by atoms with Crippen molar-refractivity contribution in [2.24, 2.45) is 0 Å². The summed E-state index contributed by atoms with van der Waals surface area (Å²) in [6, 6.07) is 6.78. The molecule has 1 aromatic rings. The first kappa shape index (κ1) is 11.8. The highest BCUT2D eigenvalue weighted by molar-refractivity contribution is 7.87. The molecule has 5 nitrogen and oxygen atoms in total. The zero-order valence-corrected chi connectivity index (χ0v) is 9.21. The molecular weight excluding hydrogens is 216 g/mol. The third kappa shape index (κ3) is 4.18. The Bertz CT molecular complexity index is 417. The van der Waals surface area contributed by atoms with Gasteiger partial charge in [-0.1, -0.05) is 19.1 Å². The Balaban J connectivity index is 2.86. The fourth-order valence-electron chi connectivity index (χ4n) is 1.12. The van der Waals surface area contributed by atoms with Crippen LogP contribution < -0.4 is 10.0 Å². The number of hydrogen-bond donors (Lipinski definition) is 3. The molecule has 0 fully saturated rings. The molecule has 1 rings (SSSR count). The van der Waals surface area contributed by atoms with E-state index in [4.69, 9.17) is 4.55 Å². The topological polar surface area (TPSA) is 78.4 Å². The zero-order chi connectivity index (χ0) is 11.3. The van der Waals surface area contributed by atoms with E-state index in [9.17, 15) is 8.42 Å². The fourth-order valence-corrected chi connectivity index (χ4v) is 1.58. The minimum atomic E-state index is -4.21. The van der Waals surface area contributed by atoms with Crippen LogP contribution in [0.5, 0.6) is 0 Å². The lowest BCUT2D eigenvalue weighted by Gasteiger charge is -2.10. The van der Waals surface area contributed by atoms with Gasteiger partial charge in [-0.2, -0.15) is 8.42 Å². The molecule has 0 saturated carbocycles. The predicted octanol–water partition coefficient (Wildman–Crippen LogP) is 1.72. The van der Waals surface area contributed by atoms with E-state index in [2.05, 4.69) is 5.32 Å². The molecule has 6 heteroatoms. The van der Waals surface area contributed by atoms with Gasteiger partial charge in [0.2, 0.25) is 0 Å². The molecule has 0 heterocycles. The Labute approximate surface area is 89.4 Å². The van der Waals surface area contributed by atoms with Crippen LogP contribution in [0.25, 0.3) is 0 Å². The van der Waals surface area contributed by atoms with Gasteiger partial charge in [0.1, 0.15) is 0 Å². The second-order valence-electron chi connectivity index (χ2n) is 3.05. The molecule has 0 saturated heterocycles. The van der Waals surface area contributed by atoms with Gasteiger partial charge in [-0.05, 0) is 18.6 Å². The van der Waals surface area contributed by atoms with Crippen molar-refractivity contribution in [3.63, 3.8) is 0 Å². The average Bonchev–Trinajstić information content (AvgIpc) is 2.14. The van der Waals surface area contributed by atoms with Crippen LogP contribution >= 0.6 is 0 Å². The van der Waals surface area contributed by atoms with Crippen molar-refractivity contribution in [3.05, 3.63) is 24.3 Å². The van der Waals surface area contributed by atoms with Gasteiger partial charge in [0.05, 0.1) is 11.4 Å². The maximum absolute atomic E-state index is 10.6. The molecule has 0 radical (unpaired) electrons. The van der Waals surface area contributed by atoms with Crippen LogP contribution in [0.2, 0.25) is 0 Å². The molecule has 15 heavy (non-hydrogen) atoms. The van der Waals surface area contributed by atoms with Crippen molar-refractivity contribution >= 4 is 21.7 Å². The Kier molecular flexibility index (Phi) is 3.93. The lowest BCUT2D eigenvalue weighted by atomic mass is 10.2. The summed E-state index contributed by atoms with van der Waals surface area (Å²) in [6.07, 6.45) is 0.931. The SMILES string of the molecule is CCCNc1ccccc1NS(=O)(=O)O. The van der Waals surface area contributed by atoms with Crippen molar-refractivity contribution in [1.82, 2.24) is 0 Å². The number of hydrogen-bond acceptors (Lipinski definition) is 3. The van der Waals surface area contributed by atoms with Gasteiger partial charge in [0.15, 0.2) is 0 Å². The quantitative estimate of drug-likeness (QED) is 0.673. The summed E-state index contributed by atoms with van der Waals surface area (Å²) in [5.74, 6) is 0. The van der Waals surface area contributed by atoms with Crippen LogP contribution in [0, 0.1) is 0 Å². The van der Waals surface area contributed by atoms with Crippen LogP contribution in [0.4, 0.5) is 11.4 Å². The van der Waals surface area contributed by atoms with Gasteiger partial charge >= 0.3 is 10.3 Å². The highest BCUT2D eigenvalue weighted by Gasteiger charge is 2.07. The Morgan fingerprint density at radius 1 is 1.27 bits per heavy atom. The smallest absolute Gasteiger partial charge is 0.357 e. The van der Waals surface area contributed by atoms with Gasteiger partial charge < -0.3 is 5.32 Å². The first-order valence-electron chi connectivity index (χ1n) is 4.61. The minimum Gasteiger partial charge on any atom is -0.383 e. The molecule has 0 bridgehead atoms. The molecule has 0 aliphatic rings. The summed E-state index contributed by atoms with van der Waals surface area (Å²) in [5, 5.41) is 3.05. The first-order chi connectivity index (χ1) is 7.03. The first-order valence-corrected chi connectivity index (χ1v) is 6.05. The summed E-state index contributed by atoms with van der Waals surface area (Å²) in [4.78, 5) is 0. The van der Waals surface area contributed by atoms with Crippen molar-refractivity contribution in [2.75, 3.05) is 16.6 Å². The molecule has 0 aromatic heterocycles. The molecule has 0 spiro atoms. The summed E-state index contributed by atoms with van der Waals surface area (Å²) in [7, 11) is -4.21. The zero-order valence-electron chi connectivity index (χ0n) is 8.40. The third-order valence-corrected chi connectivity index (χ3v) is 2.21. The molecule has 0 atom stereocenters. The van der Waals surface area contributed by atoms with Crippen LogP contribution in [0.15, 0.2) is 24.3 Å². The van der Waals surface area contributed by atoms with E-state index in [1.807, 2.05) is 11.6 Å². The maximum Gasteiger partial charge on any atom is 0.357 e. The van der Waals surface area contributed by atoms with Gasteiger partial charge in [0, 0.05) is 6.54 Å². The summed E-state index contributed by atoms with van der Waals surface area (Å²) in [5.41, 5.74) is 0.991. The lowest BCUT2D eigenvalue weighted by Crippen LogP contribution is -2.12. The summed E-state index contributed by atoms with van der Waals surface area (Å²) in [6.45, 7) is 2.75. The van der Waals surface area contributed by atoms with E-state index in [1.165, 1.54) is 0 Å². The largest absolute Gasteiger partial charge is 0.383 e. The van der Waals surface area contributed by atoms with Crippen LogP contribution in [0.3, 0.4) is 0 Å². The standard InChI is InChI=1S/C9H14N2O3S/c1-2-7-10-8-5-3-4-6-9(8)11-15(12,13)14/h3-6,10-11H,2,7H2,1H3,(H,12,13,14). The second-order valence-corrected chi connectivity index (χ2v) is 4.20. The van der Waals surface area contributed by atoms with Crippen molar-refractivity contribution in [1.29, 1.82) is 0 Å². The number of rotatable bonds is 5. The summed E-state index contributed by atoms with van der Waals surface area (Å²) >= 11 is 0. The van der Waals surface area contributed by atoms with E-state index < -0.39 is 10.3 Å². The van der Waals surface area contributed by atoms with Gasteiger partial charge in [-0.3, -0.25) is 9.27 Å². The highest BCUT2D eigenvalue weighted by atomic mass is 32.2. The monoisotopic (exact) mass is 230 g/mol. The molecular formula is C9H14N2O3S. The molecule has 0 amide bonds. The predicted molar refractivity (Wildman–Crippen MR) is 60.4 cm³/mol. The highest BCUT2D eigenvalue weighted by Crippen LogP contribution is 2.21. The third-order valence-electron chi connectivity index (χ3n) is 1.73. The summed E-state index contributed by atoms with van der Waals surface area (Å²) < 4.78 is 32.0. The molecule has 0 unspecified atom stereocenters. The molecule has 1 aromatic carbocycles. The minimum absolute atomic E-state index is 0.341. The number of benzene rings is 1. The molecule has 84 valence electrons. The normalized spacial score (nSPS) is 11.1. The van der Waals surface area contributed by atoms with E-state index in [1.54, 1.807) is 24.3 Å². The van der Waals surface area contributed by atoms with Gasteiger partial charge in [-0.15, -0.1) is 0 Å². The van der Waals surface area contributed by atoms with E-state index in [0.29, 0.717) is 11.4 Å². The van der Waals surface area contributed by atoms with Crippen molar-refractivity contribution in [2.45, 2.75) is 13.3 Å².